The summed E-state index contributed by atoms with van der Waals surface area (Å²) in [6.07, 6.45) is 45.7. The molecule has 58 heavy (non-hydrogen) atoms. The minimum absolute atomic E-state index is 0.0661. The van der Waals surface area contributed by atoms with Crippen molar-refractivity contribution in [2.24, 2.45) is 0 Å². The summed E-state index contributed by atoms with van der Waals surface area (Å²) in [5.74, 6) is -0.335. The lowest BCUT2D eigenvalue weighted by Gasteiger charge is -2.27. The van der Waals surface area contributed by atoms with Crippen LogP contribution in [0.15, 0.2) is 0 Å². The fraction of sp³-hybridized carbons (Fsp3) is 0.942. The van der Waals surface area contributed by atoms with Crippen LogP contribution in [0.1, 0.15) is 297 Å². The molecule has 2 atom stereocenters. The minimum Gasteiger partial charge on any atom is -0.466 e. The average molecular weight is 821 g/mol. The molecule has 0 aromatic carbocycles. The second-order valence-electron chi connectivity index (χ2n) is 17.8. The van der Waals surface area contributed by atoms with Gasteiger partial charge in [0.15, 0.2) is 0 Å². The van der Waals surface area contributed by atoms with Gasteiger partial charge in [-0.15, -0.1) is 0 Å². The fourth-order valence-electron chi connectivity index (χ4n) is 8.02. The van der Waals surface area contributed by atoms with E-state index in [1.165, 1.54) is 154 Å². The molecule has 2 unspecified atom stereocenters. The molecule has 0 aromatic heterocycles. The van der Waals surface area contributed by atoms with E-state index in [9.17, 15) is 14.4 Å². The quantitative estimate of drug-likeness (QED) is 0.0346. The van der Waals surface area contributed by atoms with E-state index in [1.54, 1.807) is 0 Å². The lowest BCUT2D eigenvalue weighted by molar-refractivity contribution is -0.169. The first-order chi connectivity index (χ1) is 28.5. The Kier molecular flexibility index (Phi) is 45.2. The van der Waals surface area contributed by atoms with E-state index in [4.69, 9.17) is 14.2 Å². The van der Waals surface area contributed by atoms with Crippen molar-refractivity contribution in [3.8, 4) is 0 Å². The third-order valence-corrected chi connectivity index (χ3v) is 11.9. The maximum atomic E-state index is 13.3. The van der Waals surface area contributed by atoms with E-state index < -0.39 is 0 Å². The maximum Gasteiger partial charge on any atom is 0.306 e. The highest BCUT2D eigenvalue weighted by molar-refractivity contribution is 5.70. The lowest BCUT2D eigenvalue weighted by atomic mass is 9.98. The first-order valence-corrected chi connectivity index (χ1v) is 26.0. The van der Waals surface area contributed by atoms with Crippen LogP contribution in [0.3, 0.4) is 0 Å². The molecule has 0 saturated carbocycles. The number of ether oxygens (including phenoxy) is 3. The van der Waals surface area contributed by atoms with Crippen molar-refractivity contribution < 1.29 is 28.6 Å². The van der Waals surface area contributed by atoms with E-state index in [0.717, 1.165) is 96.3 Å². The summed E-state index contributed by atoms with van der Waals surface area (Å²) in [5.41, 5.74) is 0. The van der Waals surface area contributed by atoms with Gasteiger partial charge in [-0.2, -0.15) is 0 Å². The summed E-state index contributed by atoms with van der Waals surface area (Å²) in [6.45, 7) is 9.55. The van der Waals surface area contributed by atoms with Gasteiger partial charge in [0.25, 0.3) is 0 Å². The fourth-order valence-corrected chi connectivity index (χ4v) is 8.02. The maximum absolute atomic E-state index is 13.3. The Labute approximate surface area is 361 Å². The first kappa shape index (κ1) is 56.4. The van der Waals surface area contributed by atoms with E-state index in [1.807, 2.05) is 0 Å². The molecular weight excluding hydrogens is 721 g/mol. The third-order valence-electron chi connectivity index (χ3n) is 11.9. The Morgan fingerprint density at radius 1 is 0.293 bits per heavy atom. The molecule has 0 heterocycles. The smallest absolute Gasteiger partial charge is 0.306 e. The highest BCUT2D eigenvalue weighted by Gasteiger charge is 2.28. The molecule has 0 aromatic rings. The number of hydrogen-bond acceptors (Lipinski definition) is 6. The van der Waals surface area contributed by atoms with E-state index in [-0.39, 0.29) is 30.1 Å². The van der Waals surface area contributed by atoms with Crippen LogP contribution in [-0.4, -0.2) is 36.7 Å². The van der Waals surface area contributed by atoms with Crippen LogP contribution in [0, 0.1) is 0 Å². The summed E-state index contributed by atoms with van der Waals surface area (Å²) in [4.78, 5) is 38.8. The van der Waals surface area contributed by atoms with Crippen LogP contribution in [-0.2, 0) is 28.6 Å². The third kappa shape index (κ3) is 41.2. The molecular formula is C52H100O6. The second-order valence-corrected chi connectivity index (χ2v) is 17.8. The molecule has 0 amide bonds. The van der Waals surface area contributed by atoms with Crippen molar-refractivity contribution in [3.63, 3.8) is 0 Å². The first-order valence-electron chi connectivity index (χ1n) is 26.0. The number of hydrogen-bond donors (Lipinski definition) is 0. The van der Waals surface area contributed by atoms with E-state index in [2.05, 4.69) is 27.7 Å². The van der Waals surface area contributed by atoms with Gasteiger partial charge in [-0.25, -0.2) is 0 Å². The predicted octanol–water partition coefficient (Wildman–Crippen LogP) is 16.8. The van der Waals surface area contributed by atoms with Gasteiger partial charge < -0.3 is 14.2 Å². The van der Waals surface area contributed by atoms with Crippen LogP contribution in [0.25, 0.3) is 0 Å². The van der Waals surface area contributed by atoms with Crippen molar-refractivity contribution >= 4 is 17.9 Å². The van der Waals surface area contributed by atoms with Gasteiger partial charge >= 0.3 is 17.9 Å². The van der Waals surface area contributed by atoms with Gasteiger partial charge in [-0.05, 0) is 51.4 Å². The summed E-state index contributed by atoms with van der Waals surface area (Å²) < 4.78 is 18.0. The molecule has 0 N–H and O–H groups in total. The van der Waals surface area contributed by atoms with Crippen molar-refractivity contribution in [2.75, 3.05) is 6.61 Å². The normalized spacial score (nSPS) is 12.4. The molecule has 0 fully saturated rings. The standard InChI is InChI=1S/C52H100O6/c1-5-9-13-17-21-24-26-32-39-45-51(54)57-48(42-36-30-20-16-12-8-4)49(58-52(55)46-40-33-27-25-22-18-14-10-6-2)43-37-31-29-34-38-44-50(53)56-47-41-35-28-23-19-15-11-7-3/h48-49H,5-47H2,1-4H3. The van der Waals surface area contributed by atoms with Crippen LogP contribution >= 0.6 is 0 Å². The second kappa shape index (κ2) is 46.5. The molecule has 344 valence electrons. The Balaban J connectivity index is 4.99. The monoisotopic (exact) mass is 821 g/mol. The topological polar surface area (TPSA) is 78.9 Å². The van der Waals surface area contributed by atoms with Gasteiger partial charge in [-0.3, -0.25) is 14.4 Å². The summed E-state index contributed by atoms with van der Waals surface area (Å²) in [5, 5.41) is 0. The SMILES string of the molecule is CCCCCCCCCCCC(=O)OC(CCCCCCCC)C(CCCCCCCC(=O)OCCCCCCCCCC)OC(=O)CCCCCCCCCCC. The molecule has 0 bridgehead atoms. The Bertz CT molecular complexity index is 874. The summed E-state index contributed by atoms with van der Waals surface area (Å²) >= 11 is 0. The molecule has 0 aliphatic rings. The molecule has 0 aliphatic carbocycles. The zero-order valence-corrected chi connectivity index (χ0v) is 39.5. The Morgan fingerprint density at radius 2 is 0.534 bits per heavy atom. The van der Waals surface area contributed by atoms with Crippen LogP contribution in [0.4, 0.5) is 0 Å². The van der Waals surface area contributed by atoms with Gasteiger partial charge in [-0.1, -0.05) is 227 Å². The molecule has 0 rings (SSSR count). The molecule has 0 saturated heterocycles. The van der Waals surface area contributed by atoms with E-state index in [0.29, 0.717) is 25.9 Å². The summed E-state index contributed by atoms with van der Waals surface area (Å²) in [7, 11) is 0. The lowest BCUT2D eigenvalue weighted by Crippen LogP contribution is -2.35. The molecule has 0 aliphatic heterocycles. The van der Waals surface area contributed by atoms with Crippen LogP contribution < -0.4 is 0 Å². The van der Waals surface area contributed by atoms with Gasteiger partial charge in [0, 0.05) is 19.3 Å². The minimum atomic E-state index is -0.389. The zero-order valence-electron chi connectivity index (χ0n) is 39.5. The number of carbonyl (C=O) groups excluding carboxylic acids is 3. The highest BCUT2D eigenvalue weighted by Crippen LogP contribution is 2.23. The predicted molar refractivity (Wildman–Crippen MR) is 247 cm³/mol. The number of carbonyl (C=O) groups is 3. The zero-order chi connectivity index (χ0) is 42.4. The van der Waals surface area contributed by atoms with Gasteiger partial charge in [0.05, 0.1) is 6.61 Å². The number of unbranched alkanes of at least 4 members (excludes halogenated alkanes) is 32. The largest absolute Gasteiger partial charge is 0.466 e. The summed E-state index contributed by atoms with van der Waals surface area (Å²) in [6, 6.07) is 0. The highest BCUT2D eigenvalue weighted by atomic mass is 16.6. The Morgan fingerprint density at radius 3 is 0.845 bits per heavy atom. The number of esters is 3. The van der Waals surface area contributed by atoms with Crippen molar-refractivity contribution in [1.29, 1.82) is 0 Å². The molecule has 6 nitrogen and oxygen atoms in total. The molecule has 6 heteroatoms. The van der Waals surface area contributed by atoms with Crippen LogP contribution in [0.2, 0.25) is 0 Å². The average Bonchev–Trinajstić information content (AvgIpc) is 3.21. The number of rotatable bonds is 47. The van der Waals surface area contributed by atoms with Crippen molar-refractivity contribution in [3.05, 3.63) is 0 Å². The Hall–Kier alpha value is -1.59. The molecule has 0 spiro atoms. The van der Waals surface area contributed by atoms with E-state index >= 15 is 0 Å². The van der Waals surface area contributed by atoms with Crippen molar-refractivity contribution in [2.45, 2.75) is 310 Å². The van der Waals surface area contributed by atoms with Gasteiger partial charge in [0.1, 0.15) is 12.2 Å². The van der Waals surface area contributed by atoms with Crippen molar-refractivity contribution in [1.82, 2.24) is 0 Å². The molecule has 0 radical (unpaired) electrons. The van der Waals surface area contributed by atoms with Crippen LogP contribution in [0.5, 0.6) is 0 Å². The van der Waals surface area contributed by atoms with Gasteiger partial charge in [0.2, 0.25) is 0 Å².